The SMILES string of the molecule is CCCC(CC)NC1CN(C(C)C)CC1C. The third-order valence-corrected chi connectivity index (χ3v) is 3.95. The Morgan fingerprint density at radius 3 is 2.38 bits per heavy atom. The fourth-order valence-electron chi connectivity index (χ4n) is 2.70. The molecule has 0 aromatic rings. The van der Waals surface area contributed by atoms with Crippen molar-refractivity contribution in [2.24, 2.45) is 5.92 Å². The molecule has 0 amide bonds. The highest BCUT2D eigenvalue weighted by atomic mass is 15.2. The molecular formula is C14H30N2. The highest BCUT2D eigenvalue weighted by molar-refractivity contribution is 4.89. The van der Waals surface area contributed by atoms with E-state index in [9.17, 15) is 0 Å². The lowest BCUT2D eigenvalue weighted by Gasteiger charge is -2.24. The number of nitrogens with zero attached hydrogens (tertiary/aromatic N) is 1. The second-order valence-corrected chi connectivity index (χ2v) is 5.69. The molecule has 2 nitrogen and oxygen atoms in total. The molecule has 16 heavy (non-hydrogen) atoms. The summed E-state index contributed by atoms with van der Waals surface area (Å²) in [7, 11) is 0. The molecule has 3 unspecified atom stereocenters. The summed E-state index contributed by atoms with van der Waals surface area (Å²) >= 11 is 0. The molecule has 1 rings (SSSR count). The van der Waals surface area contributed by atoms with Crippen molar-refractivity contribution in [1.82, 2.24) is 10.2 Å². The first-order chi connectivity index (χ1) is 7.58. The van der Waals surface area contributed by atoms with E-state index in [-0.39, 0.29) is 0 Å². The molecule has 1 aliphatic rings. The third kappa shape index (κ3) is 3.74. The van der Waals surface area contributed by atoms with E-state index >= 15 is 0 Å². The average Bonchev–Trinajstić information content (AvgIpc) is 2.60. The summed E-state index contributed by atoms with van der Waals surface area (Å²) in [6.45, 7) is 14.1. The second-order valence-electron chi connectivity index (χ2n) is 5.69. The Hall–Kier alpha value is -0.0800. The van der Waals surface area contributed by atoms with Crippen molar-refractivity contribution < 1.29 is 0 Å². The van der Waals surface area contributed by atoms with Gasteiger partial charge in [0.2, 0.25) is 0 Å². The molecule has 2 heteroatoms. The van der Waals surface area contributed by atoms with Gasteiger partial charge in [0.25, 0.3) is 0 Å². The van der Waals surface area contributed by atoms with E-state index in [1.54, 1.807) is 0 Å². The van der Waals surface area contributed by atoms with Crippen LogP contribution in [0.25, 0.3) is 0 Å². The topological polar surface area (TPSA) is 15.3 Å². The van der Waals surface area contributed by atoms with E-state index in [0.29, 0.717) is 12.1 Å². The Balaban J connectivity index is 2.42. The minimum Gasteiger partial charge on any atom is -0.310 e. The maximum Gasteiger partial charge on any atom is 0.0235 e. The smallest absolute Gasteiger partial charge is 0.0235 e. The van der Waals surface area contributed by atoms with Gasteiger partial charge in [-0.3, -0.25) is 4.90 Å². The molecule has 0 aromatic carbocycles. The zero-order valence-corrected chi connectivity index (χ0v) is 11.8. The number of hydrogen-bond acceptors (Lipinski definition) is 2. The zero-order valence-electron chi connectivity index (χ0n) is 11.8. The van der Waals surface area contributed by atoms with E-state index in [0.717, 1.165) is 12.0 Å². The van der Waals surface area contributed by atoms with Crippen LogP contribution in [0.4, 0.5) is 0 Å². The van der Waals surface area contributed by atoms with Gasteiger partial charge in [0.15, 0.2) is 0 Å². The number of hydrogen-bond donors (Lipinski definition) is 1. The van der Waals surface area contributed by atoms with Gasteiger partial charge in [0.05, 0.1) is 0 Å². The Morgan fingerprint density at radius 2 is 1.94 bits per heavy atom. The molecule has 1 N–H and O–H groups in total. The lowest BCUT2D eigenvalue weighted by atomic mass is 10.0. The molecule has 0 radical (unpaired) electrons. The van der Waals surface area contributed by atoms with Crippen molar-refractivity contribution in [3.63, 3.8) is 0 Å². The van der Waals surface area contributed by atoms with Crippen LogP contribution in [0.15, 0.2) is 0 Å². The molecule has 1 heterocycles. The minimum absolute atomic E-state index is 0.695. The summed E-state index contributed by atoms with van der Waals surface area (Å²) in [6, 6.07) is 2.13. The zero-order chi connectivity index (χ0) is 12.1. The lowest BCUT2D eigenvalue weighted by molar-refractivity contribution is 0.261. The normalized spacial score (nSPS) is 28.9. The van der Waals surface area contributed by atoms with Gasteiger partial charge in [-0.1, -0.05) is 27.2 Å². The molecule has 0 aliphatic carbocycles. The summed E-state index contributed by atoms with van der Waals surface area (Å²) in [5.41, 5.74) is 0. The van der Waals surface area contributed by atoms with Gasteiger partial charge in [-0.25, -0.2) is 0 Å². The highest BCUT2D eigenvalue weighted by Crippen LogP contribution is 2.20. The van der Waals surface area contributed by atoms with Gasteiger partial charge in [-0.15, -0.1) is 0 Å². The summed E-state index contributed by atoms with van der Waals surface area (Å²) in [5.74, 6) is 0.799. The van der Waals surface area contributed by atoms with E-state index in [1.165, 1.54) is 32.4 Å². The van der Waals surface area contributed by atoms with Crippen LogP contribution in [0.2, 0.25) is 0 Å². The van der Waals surface area contributed by atoms with Crippen LogP contribution < -0.4 is 5.32 Å². The predicted molar refractivity (Wildman–Crippen MR) is 71.8 cm³/mol. The number of likely N-dealkylation sites (tertiary alicyclic amines) is 1. The standard InChI is InChI=1S/C14H30N2/c1-6-8-13(7-2)15-14-10-16(11(3)4)9-12(14)5/h11-15H,6-10H2,1-5H3. The second kappa shape index (κ2) is 6.61. The molecule has 1 fully saturated rings. The van der Waals surface area contributed by atoms with E-state index in [2.05, 4.69) is 44.8 Å². The lowest BCUT2D eigenvalue weighted by Crippen LogP contribution is -2.42. The Kier molecular flexibility index (Phi) is 5.77. The molecule has 3 atom stereocenters. The molecule has 0 bridgehead atoms. The molecule has 96 valence electrons. The average molecular weight is 226 g/mol. The summed E-state index contributed by atoms with van der Waals surface area (Å²) in [4.78, 5) is 2.60. The van der Waals surface area contributed by atoms with Crippen LogP contribution in [-0.2, 0) is 0 Å². The largest absolute Gasteiger partial charge is 0.310 e. The Morgan fingerprint density at radius 1 is 1.25 bits per heavy atom. The summed E-state index contributed by atoms with van der Waals surface area (Å²) < 4.78 is 0. The Labute approximate surface area is 102 Å². The maximum atomic E-state index is 3.86. The van der Waals surface area contributed by atoms with Gasteiger partial charge in [-0.2, -0.15) is 0 Å². The van der Waals surface area contributed by atoms with Crippen molar-refractivity contribution in [2.45, 2.75) is 72.0 Å². The molecule has 1 saturated heterocycles. The summed E-state index contributed by atoms with van der Waals surface area (Å²) in [5, 5.41) is 3.86. The Bertz CT molecular complexity index is 191. The van der Waals surface area contributed by atoms with Crippen molar-refractivity contribution in [1.29, 1.82) is 0 Å². The minimum atomic E-state index is 0.695. The van der Waals surface area contributed by atoms with Crippen molar-refractivity contribution in [3.8, 4) is 0 Å². The molecule has 0 saturated carbocycles. The van der Waals surface area contributed by atoms with Crippen molar-refractivity contribution in [2.75, 3.05) is 13.1 Å². The number of rotatable bonds is 6. The fraction of sp³-hybridized carbons (Fsp3) is 1.00. The van der Waals surface area contributed by atoms with Crippen LogP contribution in [0.1, 0.15) is 53.9 Å². The molecule has 1 aliphatic heterocycles. The predicted octanol–water partition coefficient (Wildman–Crippen LogP) is 2.88. The molecule has 0 aromatic heterocycles. The quantitative estimate of drug-likeness (QED) is 0.749. The van der Waals surface area contributed by atoms with Crippen LogP contribution in [0.5, 0.6) is 0 Å². The van der Waals surface area contributed by atoms with Crippen molar-refractivity contribution >= 4 is 0 Å². The van der Waals surface area contributed by atoms with Gasteiger partial charge in [0.1, 0.15) is 0 Å². The molecular weight excluding hydrogens is 196 g/mol. The van der Waals surface area contributed by atoms with Crippen LogP contribution in [0, 0.1) is 5.92 Å². The molecule has 0 spiro atoms. The first kappa shape index (κ1) is 14.0. The first-order valence-corrected chi connectivity index (χ1v) is 7.08. The highest BCUT2D eigenvalue weighted by Gasteiger charge is 2.31. The van der Waals surface area contributed by atoms with Gasteiger partial charge in [0, 0.05) is 31.2 Å². The monoisotopic (exact) mass is 226 g/mol. The number of nitrogens with one attached hydrogen (secondary N) is 1. The van der Waals surface area contributed by atoms with E-state index < -0.39 is 0 Å². The van der Waals surface area contributed by atoms with Crippen LogP contribution in [-0.4, -0.2) is 36.1 Å². The van der Waals surface area contributed by atoms with Crippen LogP contribution in [0.3, 0.4) is 0 Å². The van der Waals surface area contributed by atoms with Gasteiger partial charge >= 0.3 is 0 Å². The van der Waals surface area contributed by atoms with E-state index in [4.69, 9.17) is 0 Å². The first-order valence-electron chi connectivity index (χ1n) is 7.08. The third-order valence-electron chi connectivity index (χ3n) is 3.95. The van der Waals surface area contributed by atoms with Gasteiger partial charge < -0.3 is 5.32 Å². The summed E-state index contributed by atoms with van der Waals surface area (Å²) in [6.07, 6.45) is 3.88. The van der Waals surface area contributed by atoms with E-state index in [1.807, 2.05) is 0 Å². The van der Waals surface area contributed by atoms with Crippen molar-refractivity contribution in [3.05, 3.63) is 0 Å². The fourth-order valence-corrected chi connectivity index (χ4v) is 2.70. The van der Waals surface area contributed by atoms with Crippen LogP contribution >= 0.6 is 0 Å². The maximum absolute atomic E-state index is 3.86. The van der Waals surface area contributed by atoms with Gasteiger partial charge in [-0.05, 0) is 32.6 Å².